The molecule has 0 radical (unpaired) electrons. The Balaban J connectivity index is 1.80. The number of rotatable bonds is 3. The maximum Gasteiger partial charge on any atom is 0.223 e. The maximum atomic E-state index is 5.78. The Hall–Kier alpha value is -1.82. The van der Waals surface area contributed by atoms with Crippen LogP contribution in [0.4, 0.5) is 17.6 Å². The predicted molar refractivity (Wildman–Crippen MR) is 65.3 cm³/mol. The van der Waals surface area contributed by atoms with Gasteiger partial charge >= 0.3 is 0 Å². The van der Waals surface area contributed by atoms with Crippen LogP contribution >= 0.6 is 11.6 Å². The summed E-state index contributed by atoms with van der Waals surface area (Å²) in [6, 6.07) is 3.58. The smallest absolute Gasteiger partial charge is 0.223 e. The molecule has 88 valence electrons. The van der Waals surface area contributed by atoms with Crippen molar-refractivity contribution in [3.05, 3.63) is 23.0 Å². The standard InChI is InChI=1S/C10H11ClN6/c11-7-4-8(15-10(12)13-7)14-9-3-6(16-17-9)5-1-2-5/h3-5H,1-2H2,(H4,12,13,14,15,16,17). The monoisotopic (exact) mass is 250 g/mol. The third-order valence-corrected chi connectivity index (χ3v) is 2.78. The van der Waals surface area contributed by atoms with Gasteiger partial charge in [-0.05, 0) is 12.8 Å². The summed E-state index contributed by atoms with van der Waals surface area (Å²) in [5, 5.41) is 10.5. The number of nitrogen functional groups attached to an aromatic ring is 1. The van der Waals surface area contributed by atoms with Gasteiger partial charge in [-0.2, -0.15) is 10.1 Å². The Morgan fingerprint density at radius 2 is 2.12 bits per heavy atom. The van der Waals surface area contributed by atoms with Gasteiger partial charge in [0.2, 0.25) is 5.95 Å². The van der Waals surface area contributed by atoms with Crippen molar-refractivity contribution >= 4 is 29.2 Å². The maximum absolute atomic E-state index is 5.78. The van der Waals surface area contributed by atoms with Crippen LogP contribution in [0.25, 0.3) is 0 Å². The number of nitrogens with two attached hydrogens (primary N) is 1. The average molecular weight is 251 g/mol. The van der Waals surface area contributed by atoms with Gasteiger partial charge in [0, 0.05) is 23.7 Å². The number of H-pyrrole nitrogens is 1. The fourth-order valence-electron chi connectivity index (χ4n) is 1.63. The Bertz CT molecular complexity index is 527. The van der Waals surface area contributed by atoms with E-state index in [4.69, 9.17) is 17.3 Å². The molecule has 0 aromatic carbocycles. The molecule has 1 fully saturated rings. The first-order chi connectivity index (χ1) is 8.20. The van der Waals surface area contributed by atoms with Crippen LogP contribution in [-0.2, 0) is 0 Å². The van der Waals surface area contributed by atoms with Crippen LogP contribution in [0.5, 0.6) is 0 Å². The fourth-order valence-corrected chi connectivity index (χ4v) is 1.82. The van der Waals surface area contributed by atoms with Gasteiger partial charge in [0.15, 0.2) is 5.82 Å². The number of hydrogen-bond acceptors (Lipinski definition) is 5. The van der Waals surface area contributed by atoms with Crippen LogP contribution < -0.4 is 11.1 Å². The molecule has 7 heteroatoms. The molecule has 0 unspecified atom stereocenters. The van der Waals surface area contributed by atoms with Crippen LogP contribution in [-0.4, -0.2) is 20.2 Å². The molecule has 0 aliphatic heterocycles. The molecule has 0 saturated heterocycles. The van der Waals surface area contributed by atoms with Crippen molar-refractivity contribution < 1.29 is 0 Å². The summed E-state index contributed by atoms with van der Waals surface area (Å²) in [6.07, 6.45) is 2.46. The molecular formula is C10H11ClN6. The summed E-state index contributed by atoms with van der Waals surface area (Å²) >= 11 is 5.78. The lowest BCUT2D eigenvalue weighted by molar-refractivity contribution is 0.966. The topological polar surface area (TPSA) is 92.5 Å². The van der Waals surface area contributed by atoms with Crippen LogP contribution in [0.15, 0.2) is 12.1 Å². The first-order valence-corrected chi connectivity index (χ1v) is 5.71. The van der Waals surface area contributed by atoms with Crippen molar-refractivity contribution in [1.82, 2.24) is 20.2 Å². The second kappa shape index (κ2) is 3.89. The van der Waals surface area contributed by atoms with Gasteiger partial charge in [0.25, 0.3) is 0 Å². The second-order valence-corrected chi connectivity index (χ2v) is 4.43. The molecule has 6 nitrogen and oxygen atoms in total. The molecule has 2 aromatic heterocycles. The molecule has 4 N–H and O–H groups in total. The number of halogens is 1. The van der Waals surface area contributed by atoms with Gasteiger partial charge in [0.1, 0.15) is 11.0 Å². The minimum Gasteiger partial charge on any atom is -0.368 e. The number of aromatic amines is 1. The Morgan fingerprint density at radius 3 is 2.82 bits per heavy atom. The number of nitrogens with zero attached hydrogens (tertiary/aromatic N) is 3. The van der Waals surface area contributed by atoms with Crippen LogP contribution in [0.3, 0.4) is 0 Å². The highest BCUT2D eigenvalue weighted by molar-refractivity contribution is 6.29. The first kappa shape index (κ1) is 10.3. The zero-order chi connectivity index (χ0) is 11.8. The summed E-state index contributed by atoms with van der Waals surface area (Å²) in [5.74, 6) is 2.02. The van der Waals surface area contributed by atoms with Crippen molar-refractivity contribution in [1.29, 1.82) is 0 Å². The van der Waals surface area contributed by atoms with E-state index < -0.39 is 0 Å². The van der Waals surface area contributed by atoms with E-state index in [2.05, 4.69) is 25.5 Å². The van der Waals surface area contributed by atoms with Gasteiger partial charge in [-0.25, -0.2) is 4.98 Å². The van der Waals surface area contributed by atoms with Gasteiger partial charge in [0.05, 0.1) is 0 Å². The van der Waals surface area contributed by atoms with Gasteiger partial charge < -0.3 is 11.1 Å². The van der Waals surface area contributed by atoms with Gasteiger partial charge in [-0.1, -0.05) is 11.6 Å². The first-order valence-electron chi connectivity index (χ1n) is 5.33. The van der Waals surface area contributed by atoms with Gasteiger partial charge in [-0.3, -0.25) is 5.10 Å². The average Bonchev–Trinajstić information content (AvgIpc) is 2.99. The van der Waals surface area contributed by atoms with E-state index in [1.807, 2.05) is 6.07 Å². The van der Waals surface area contributed by atoms with E-state index in [9.17, 15) is 0 Å². The van der Waals surface area contributed by atoms with Crippen LogP contribution in [0.1, 0.15) is 24.5 Å². The highest BCUT2D eigenvalue weighted by Gasteiger charge is 2.25. The molecule has 0 bridgehead atoms. The van der Waals surface area contributed by atoms with Crippen molar-refractivity contribution in [2.45, 2.75) is 18.8 Å². The Kier molecular flexibility index (Phi) is 2.36. The molecule has 17 heavy (non-hydrogen) atoms. The molecule has 2 aromatic rings. The molecule has 1 aliphatic carbocycles. The van der Waals surface area contributed by atoms with Gasteiger partial charge in [-0.15, -0.1) is 0 Å². The zero-order valence-corrected chi connectivity index (χ0v) is 9.70. The molecule has 0 atom stereocenters. The van der Waals surface area contributed by atoms with E-state index in [1.54, 1.807) is 6.07 Å². The summed E-state index contributed by atoms with van der Waals surface area (Å²) in [7, 11) is 0. The van der Waals surface area contributed by atoms with E-state index in [0.717, 1.165) is 5.69 Å². The quantitative estimate of drug-likeness (QED) is 0.725. The number of aromatic nitrogens is 4. The lowest BCUT2D eigenvalue weighted by Gasteiger charge is -2.02. The van der Waals surface area contributed by atoms with Crippen LogP contribution in [0.2, 0.25) is 5.15 Å². The summed E-state index contributed by atoms with van der Waals surface area (Å²) < 4.78 is 0. The lowest BCUT2D eigenvalue weighted by atomic mass is 10.3. The molecule has 0 spiro atoms. The molecular weight excluding hydrogens is 240 g/mol. The summed E-state index contributed by atoms with van der Waals surface area (Å²) in [5.41, 5.74) is 6.65. The largest absolute Gasteiger partial charge is 0.368 e. The van der Waals surface area contributed by atoms with E-state index in [0.29, 0.717) is 22.7 Å². The van der Waals surface area contributed by atoms with E-state index in [-0.39, 0.29) is 5.95 Å². The third-order valence-electron chi connectivity index (χ3n) is 2.58. The molecule has 1 saturated carbocycles. The molecule has 3 rings (SSSR count). The SMILES string of the molecule is Nc1nc(Cl)cc(Nc2cc(C3CC3)[nH]n2)n1. The minimum absolute atomic E-state index is 0.137. The highest BCUT2D eigenvalue weighted by Crippen LogP contribution is 2.39. The predicted octanol–water partition coefficient (Wildman–Crippen LogP) is 2.06. The summed E-state index contributed by atoms with van der Waals surface area (Å²) in [4.78, 5) is 7.80. The Labute approximate surface area is 103 Å². The second-order valence-electron chi connectivity index (χ2n) is 4.04. The molecule has 2 heterocycles. The van der Waals surface area contributed by atoms with Crippen molar-refractivity contribution in [2.75, 3.05) is 11.1 Å². The highest BCUT2D eigenvalue weighted by atomic mass is 35.5. The Morgan fingerprint density at radius 1 is 1.29 bits per heavy atom. The van der Waals surface area contributed by atoms with Crippen LogP contribution in [0, 0.1) is 0 Å². The summed E-state index contributed by atoms with van der Waals surface area (Å²) in [6.45, 7) is 0. The normalized spacial score (nSPS) is 14.9. The van der Waals surface area contributed by atoms with Crippen molar-refractivity contribution in [2.24, 2.45) is 0 Å². The molecule has 1 aliphatic rings. The number of nitrogens with one attached hydrogen (secondary N) is 2. The minimum atomic E-state index is 0.137. The van der Waals surface area contributed by atoms with E-state index >= 15 is 0 Å². The fraction of sp³-hybridized carbons (Fsp3) is 0.300. The lowest BCUT2D eigenvalue weighted by Crippen LogP contribution is -2.00. The number of hydrogen-bond donors (Lipinski definition) is 3. The zero-order valence-electron chi connectivity index (χ0n) is 8.94. The van der Waals surface area contributed by atoms with E-state index in [1.165, 1.54) is 12.8 Å². The third kappa shape index (κ3) is 2.31. The van der Waals surface area contributed by atoms with Crippen molar-refractivity contribution in [3.63, 3.8) is 0 Å². The van der Waals surface area contributed by atoms with Crippen molar-refractivity contribution in [3.8, 4) is 0 Å². The molecule has 0 amide bonds. The number of anilines is 3.